The van der Waals surface area contributed by atoms with E-state index < -0.39 is 30.1 Å². The summed E-state index contributed by atoms with van der Waals surface area (Å²) in [5.74, 6) is -0.796. The van der Waals surface area contributed by atoms with Crippen molar-refractivity contribution in [3.63, 3.8) is 0 Å². The molecule has 48 heavy (non-hydrogen) atoms. The molecule has 2 aliphatic rings. The molecule has 0 aliphatic carbocycles. The zero-order valence-corrected chi connectivity index (χ0v) is 30.5. The molecule has 0 unspecified atom stereocenters. The van der Waals surface area contributed by atoms with Gasteiger partial charge in [-0.2, -0.15) is 0 Å². The quantitative estimate of drug-likeness (QED) is 0.274. The average Bonchev–Trinajstić information content (AvgIpc) is 3.05. The lowest BCUT2D eigenvalue weighted by Gasteiger charge is -2.49. The van der Waals surface area contributed by atoms with E-state index in [9.17, 15) is 15.0 Å². The van der Waals surface area contributed by atoms with Gasteiger partial charge in [0.1, 0.15) is 11.9 Å². The number of aliphatic hydroxyl groups excluding tert-OH is 2. The number of carbonyl (C=O) groups is 1. The first kappa shape index (κ1) is 40.2. The highest BCUT2D eigenvalue weighted by atomic mass is 16.7. The summed E-state index contributed by atoms with van der Waals surface area (Å²) < 4.78 is 35.6. The molecule has 2 heterocycles. The van der Waals surface area contributed by atoms with Gasteiger partial charge in [0, 0.05) is 31.3 Å². The fourth-order valence-electron chi connectivity index (χ4n) is 6.76. The van der Waals surface area contributed by atoms with Crippen molar-refractivity contribution >= 4 is 5.97 Å². The Hall–Kier alpha value is -2.27. The number of hydrogen-bond donors (Lipinski definition) is 2. The molecule has 2 bridgehead atoms. The smallest absolute Gasteiger partial charge is 0.308 e. The van der Waals surface area contributed by atoms with Crippen LogP contribution in [0.5, 0.6) is 5.75 Å². The molecule has 2 N–H and O–H groups in total. The summed E-state index contributed by atoms with van der Waals surface area (Å²) in [4.78, 5) is 13.3. The lowest BCUT2D eigenvalue weighted by atomic mass is 9.79. The zero-order chi connectivity index (χ0) is 35.3. The van der Waals surface area contributed by atoms with E-state index in [0.717, 1.165) is 37.0 Å². The SMILES string of the molecule is COc1ccc(COC[C@@H](C)[C@@H](O)C[C@H]2CCC[C@H](OC)C/C=C\C=C\C[C@H](C)[C@H]3OC(C)(C)O[C@H]([C@H]3C)[C@H](C)[C@H](O)CC(=O)O2)cc1. The number of carbonyl (C=O) groups excluding carboxylic acids is 1. The van der Waals surface area contributed by atoms with E-state index >= 15 is 0 Å². The third-order valence-electron chi connectivity index (χ3n) is 9.88. The van der Waals surface area contributed by atoms with Crippen LogP contribution in [0.25, 0.3) is 0 Å². The largest absolute Gasteiger partial charge is 0.497 e. The molecule has 0 amide bonds. The van der Waals surface area contributed by atoms with Crippen LogP contribution < -0.4 is 4.74 Å². The molecule has 1 fully saturated rings. The molecule has 1 aromatic carbocycles. The Morgan fingerprint density at radius 3 is 2.29 bits per heavy atom. The van der Waals surface area contributed by atoms with Gasteiger partial charge in [0.2, 0.25) is 0 Å². The van der Waals surface area contributed by atoms with Gasteiger partial charge in [0.15, 0.2) is 5.79 Å². The number of cyclic esters (lactones) is 1. The van der Waals surface area contributed by atoms with Crippen LogP contribution in [0.2, 0.25) is 0 Å². The fraction of sp³-hybridized carbons (Fsp3) is 0.718. The fourth-order valence-corrected chi connectivity index (χ4v) is 6.76. The predicted molar refractivity (Wildman–Crippen MR) is 186 cm³/mol. The number of benzene rings is 1. The Balaban J connectivity index is 1.70. The minimum absolute atomic E-state index is 0.00187. The minimum atomic E-state index is -0.959. The van der Waals surface area contributed by atoms with E-state index in [-0.39, 0.29) is 54.8 Å². The monoisotopic (exact) mass is 674 g/mol. The first-order chi connectivity index (χ1) is 22.8. The van der Waals surface area contributed by atoms with Crippen LogP contribution >= 0.6 is 0 Å². The van der Waals surface area contributed by atoms with Crippen molar-refractivity contribution in [3.8, 4) is 5.75 Å². The molecular weight excluding hydrogens is 612 g/mol. The molecule has 0 aromatic heterocycles. The lowest BCUT2D eigenvalue weighted by molar-refractivity contribution is -0.337. The summed E-state index contributed by atoms with van der Waals surface area (Å²) in [7, 11) is 3.35. The molecule has 1 saturated heterocycles. The summed E-state index contributed by atoms with van der Waals surface area (Å²) in [6.07, 6.45) is 9.75. The Kier molecular flexibility index (Phi) is 16.6. The van der Waals surface area contributed by atoms with Crippen LogP contribution in [0, 0.1) is 23.7 Å². The molecule has 1 aromatic rings. The van der Waals surface area contributed by atoms with Crippen molar-refractivity contribution in [1.29, 1.82) is 0 Å². The number of allylic oxidation sites excluding steroid dienone is 3. The highest BCUT2D eigenvalue weighted by molar-refractivity contribution is 5.70. The van der Waals surface area contributed by atoms with E-state index in [2.05, 4.69) is 38.2 Å². The standard InChI is InChI=1S/C39H62O9/c1-26-14-11-9-10-12-15-31(43-7)16-13-17-33(22-34(40)27(2)24-45-25-30-18-20-32(44-8)21-19-30)46-36(42)23-35(41)28(3)38-29(4)37(26)47-39(5,6)48-38/h9-12,18-21,26-29,31,33-35,37-38,40-41H,13-17,22-25H2,1-8H3/b11-9+,12-10-/t26-,27+,28+,29-,31+,33+,34-,35+,37+,38-/m0/s1. The van der Waals surface area contributed by atoms with E-state index in [1.807, 2.05) is 52.0 Å². The zero-order valence-electron chi connectivity index (χ0n) is 30.5. The van der Waals surface area contributed by atoms with E-state index in [4.69, 9.17) is 28.4 Å². The van der Waals surface area contributed by atoms with Gasteiger partial charge in [-0.05, 0) is 69.6 Å². The molecule has 2 aliphatic heterocycles. The topological polar surface area (TPSA) is 113 Å². The Morgan fingerprint density at radius 2 is 1.62 bits per heavy atom. The maximum Gasteiger partial charge on any atom is 0.308 e. The van der Waals surface area contributed by atoms with Gasteiger partial charge in [-0.1, -0.05) is 64.1 Å². The van der Waals surface area contributed by atoms with Crippen LogP contribution in [-0.2, 0) is 35.1 Å². The van der Waals surface area contributed by atoms with Gasteiger partial charge in [-0.25, -0.2) is 0 Å². The molecule has 9 heteroatoms. The van der Waals surface area contributed by atoms with Crippen molar-refractivity contribution < 1.29 is 43.4 Å². The summed E-state index contributed by atoms with van der Waals surface area (Å²) in [5.41, 5.74) is 1.02. The van der Waals surface area contributed by atoms with Crippen molar-refractivity contribution in [1.82, 2.24) is 0 Å². The Bertz CT molecular complexity index is 1130. The first-order valence-corrected chi connectivity index (χ1v) is 17.8. The van der Waals surface area contributed by atoms with E-state index in [0.29, 0.717) is 19.6 Å². The Labute approximate surface area is 289 Å². The van der Waals surface area contributed by atoms with Crippen molar-refractivity contribution in [2.75, 3.05) is 20.8 Å². The third kappa shape index (κ3) is 12.9. The molecule has 272 valence electrons. The predicted octanol–water partition coefficient (Wildman–Crippen LogP) is 6.78. The van der Waals surface area contributed by atoms with Crippen LogP contribution in [0.1, 0.15) is 92.1 Å². The Morgan fingerprint density at radius 1 is 0.958 bits per heavy atom. The second-order valence-electron chi connectivity index (χ2n) is 14.4. The van der Waals surface area contributed by atoms with Crippen molar-refractivity contribution in [2.24, 2.45) is 23.7 Å². The second kappa shape index (κ2) is 19.8. The van der Waals surface area contributed by atoms with E-state index in [1.54, 1.807) is 14.2 Å². The van der Waals surface area contributed by atoms with Crippen LogP contribution in [0.15, 0.2) is 48.6 Å². The number of rotatable bonds is 9. The third-order valence-corrected chi connectivity index (χ3v) is 9.88. The molecule has 9 nitrogen and oxygen atoms in total. The summed E-state index contributed by atoms with van der Waals surface area (Å²) >= 11 is 0. The van der Waals surface area contributed by atoms with Gasteiger partial charge in [0.05, 0.1) is 57.3 Å². The maximum absolute atomic E-state index is 13.3. The summed E-state index contributed by atoms with van der Waals surface area (Å²) in [6.45, 7) is 12.7. The molecule has 10 atom stereocenters. The molecule has 0 radical (unpaired) electrons. The van der Waals surface area contributed by atoms with E-state index in [1.165, 1.54) is 0 Å². The van der Waals surface area contributed by atoms with Gasteiger partial charge in [0.25, 0.3) is 0 Å². The van der Waals surface area contributed by atoms with Crippen LogP contribution in [0.4, 0.5) is 0 Å². The number of hydrogen-bond acceptors (Lipinski definition) is 9. The molecular formula is C39H62O9. The maximum atomic E-state index is 13.3. The second-order valence-corrected chi connectivity index (χ2v) is 14.4. The number of fused-ring (bicyclic) bond motifs is 2. The lowest BCUT2D eigenvalue weighted by Crippen LogP contribution is -2.55. The highest BCUT2D eigenvalue weighted by Gasteiger charge is 2.46. The molecule has 0 saturated carbocycles. The minimum Gasteiger partial charge on any atom is -0.497 e. The molecule has 3 rings (SSSR count). The van der Waals surface area contributed by atoms with Gasteiger partial charge in [-0.15, -0.1) is 0 Å². The van der Waals surface area contributed by atoms with Crippen molar-refractivity contribution in [2.45, 2.75) is 136 Å². The van der Waals surface area contributed by atoms with Gasteiger partial charge in [-0.3, -0.25) is 4.79 Å². The van der Waals surface area contributed by atoms with Crippen LogP contribution in [0.3, 0.4) is 0 Å². The number of methoxy groups -OCH3 is 2. The number of esters is 1. The highest BCUT2D eigenvalue weighted by Crippen LogP contribution is 2.39. The van der Waals surface area contributed by atoms with Gasteiger partial charge >= 0.3 is 5.97 Å². The van der Waals surface area contributed by atoms with Crippen LogP contribution in [-0.4, -0.2) is 79.4 Å². The number of aliphatic hydroxyl groups is 2. The number of ether oxygens (including phenoxy) is 6. The molecule has 0 spiro atoms. The average molecular weight is 675 g/mol. The normalized spacial score (nSPS) is 33.5. The summed E-state index contributed by atoms with van der Waals surface area (Å²) in [5, 5.41) is 22.4. The summed E-state index contributed by atoms with van der Waals surface area (Å²) in [6, 6.07) is 7.69. The first-order valence-electron chi connectivity index (χ1n) is 17.8. The van der Waals surface area contributed by atoms with Gasteiger partial charge < -0.3 is 38.6 Å². The van der Waals surface area contributed by atoms with Crippen molar-refractivity contribution in [3.05, 3.63) is 54.1 Å².